The molecule has 0 saturated carbocycles. The molecule has 1 saturated heterocycles. The van der Waals surface area contributed by atoms with Crippen molar-refractivity contribution in [3.8, 4) is 0 Å². The SMILES string of the molecule is CC(C)C1C(=O)NC(C(C)C)C(C)(F)C1C. The van der Waals surface area contributed by atoms with E-state index in [9.17, 15) is 9.18 Å². The molecule has 3 heteroatoms. The zero-order valence-corrected chi connectivity index (χ0v) is 11.2. The topological polar surface area (TPSA) is 29.1 Å². The molecule has 16 heavy (non-hydrogen) atoms. The average molecular weight is 229 g/mol. The number of hydrogen-bond acceptors (Lipinski definition) is 1. The molecule has 4 unspecified atom stereocenters. The number of carbonyl (C=O) groups excluding carboxylic acids is 1. The van der Waals surface area contributed by atoms with Crippen molar-refractivity contribution in [1.82, 2.24) is 5.32 Å². The van der Waals surface area contributed by atoms with E-state index < -0.39 is 5.67 Å². The van der Waals surface area contributed by atoms with Gasteiger partial charge in [0.15, 0.2) is 0 Å². The molecule has 0 bridgehead atoms. The summed E-state index contributed by atoms with van der Waals surface area (Å²) in [6.07, 6.45) is 0. The maximum atomic E-state index is 14.7. The highest BCUT2D eigenvalue weighted by molar-refractivity contribution is 5.81. The average Bonchev–Trinajstić information content (AvgIpc) is 2.11. The fourth-order valence-electron chi connectivity index (χ4n) is 2.95. The number of amides is 1. The first-order valence-electron chi connectivity index (χ1n) is 6.18. The van der Waals surface area contributed by atoms with Crippen LogP contribution in [-0.2, 0) is 4.79 Å². The van der Waals surface area contributed by atoms with Crippen LogP contribution in [0, 0.1) is 23.7 Å². The second-order valence-electron chi connectivity index (χ2n) is 5.94. The third-order valence-electron chi connectivity index (χ3n) is 4.02. The fraction of sp³-hybridized carbons (Fsp3) is 0.923. The maximum Gasteiger partial charge on any atom is 0.224 e. The van der Waals surface area contributed by atoms with Crippen LogP contribution in [-0.4, -0.2) is 17.6 Å². The molecule has 0 aromatic rings. The molecular weight excluding hydrogens is 205 g/mol. The Morgan fingerprint density at radius 1 is 1.25 bits per heavy atom. The number of rotatable bonds is 2. The van der Waals surface area contributed by atoms with E-state index in [4.69, 9.17) is 0 Å². The quantitative estimate of drug-likeness (QED) is 0.775. The van der Waals surface area contributed by atoms with Crippen molar-refractivity contribution in [3.63, 3.8) is 0 Å². The van der Waals surface area contributed by atoms with Crippen molar-refractivity contribution >= 4 is 5.91 Å². The van der Waals surface area contributed by atoms with Gasteiger partial charge >= 0.3 is 0 Å². The second kappa shape index (κ2) is 4.34. The van der Waals surface area contributed by atoms with Gasteiger partial charge < -0.3 is 5.32 Å². The lowest BCUT2D eigenvalue weighted by molar-refractivity contribution is -0.142. The van der Waals surface area contributed by atoms with Crippen LogP contribution in [0.2, 0.25) is 0 Å². The summed E-state index contributed by atoms with van der Waals surface area (Å²) in [6, 6.07) is -0.370. The molecular formula is C13H24FNO. The first-order chi connectivity index (χ1) is 7.19. The largest absolute Gasteiger partial charge is 0.350 e. The molecule has 2 nitrogen and oxygen atoms in total. The highest BCUT2D eigenvalue weighted by Crippen LogP contribution is 2.40. The van der Waals surface area contributed by atoms with E-state index in [1.54, 1.807) is 6.92 Å². The first kappa shape index (κ1) is 13.5. The third kappa shape index (κ3) is 2.09. The van der Waals surface area contributed by atoms with Gasteiger partial charge in [0.1, 0.15) is 5.67 Å². The van der Waals surface area contributed by atoms with Crippen LogP contribution in [0.5, 0.6) is 0 Å². The number of piperidine rings is 1. The molecule has 1 aliphatic rings. The molecule has 94 valence electrons. The van der Waals surface area contributed by atoms with Gasteiger partial charge in [0.25, 0.3) is 0 Å². The van der Waals surface area contributed by atoms with Crippen molar-refractivity contribution in [2.75, 3.05) is 0 Å². The van der Waals surface area contributed by atoms with Crippen molar-refractivity contribution in [1.29, 1.82) is 0 Å². The molecule has 1 amide bonds. The highest BCUT2D eigenvalue weighted by atomic mass is 19.1. The molecule has 1 heterocycles. The van der Waals surface area contributed by atoms with E-state index in [2.05, 4.69) is 5.32 Å². The van der Waals surface area contributed by atoms with E-state index in [0.29, 0.717) is 0 Å². The van der Waals surface area contributed by atoms with E-state index in [1.165, 1.54) is 0 Å². The molecule has 0 radical (unpaired) electrons. The number of hydrogen-bond donors (Lipinski definition) is 1. The van der Waals surface area contributed by atoms with E-state index in [1.807, 2.05) is 34.6 Å². The standard InChI is InChI=1S/C13H24FNO/c1-7(2)10-9(5)13(6,14)11(8(3)4)15-12(10)16/h7-11H,1-6H3,(H,15,16). The van der Waals surface area contributed by atoms with Gasteiger partial charge in [0.2, 0.25) is 5.91 Å². The van der Waals surface area contributed by atoms with Crippen molar-refractivity contribution < 1.29 is 9.18 Å². The van der Waals surface area contributed by atoms with Crippen LogP contribution < -0.4 is 5.32 Å². The lowest BCUT2D eigenvalue weighted by Crippen LogP contribution is -2.64. The van der Waals surface area contributed by atoms with Gasteiger partial charge in [-0.25, -0.2) is 4.39 Å². The summed E-state index contributed by atoms with van der Waals surface area (Å²) in [6.45, 7) is 11.3. The van der Waals surface area contributed by atoms with Crippen LogP contribution in [0.1, 0.15) is 41.5 Å². The lowest BCUT2D eigenvalue weighted by Gasteiger charge is -2.47. The monoisotopic (exact) mass is 229 g/mol. The lowest BCUT2D eigenvalue weighted by atomic mass is 9.67. The summed E-state index contributed by atoms with van der Waals surface area (Å²) < 4.78 is 14.7. The summed E-state index contributed by atoms with van der Waals surface area (Å²) in [4.78, 5) is 12.0. The van der Waals surface area contributed by atoms with Crippen molar-refractivity contribution in [3.05, 3.63) is 0 Å². The number of nitrogens with one attached hydrogen (secondary N) is 1. The third-order valence-corrected chi connectivity index (χ3v) is 4.02. The Hall–Kier alpha value is -0.600. The van der Waals surface area contributed by atoms with Gasteiger partial charge in [-0.05, 0) is 18.8 Å². The minimum absolute atomic E-state index is 0.0105. The molecule has 0 spiro atoms. The number of alkyl halides is 1. The smallest absolute Gasteiger partial charge is 0.224 e. The Labute approximate surface area is 98.0 Å². The molecule has 0 aliphatic carbocycles. The van der Waals surface area contributed by atoms with E-state index in [0.717, 1.165) is 0 Å². The van der Waals surface area contributed by atoms with Crippen LogP contribution >= 0.6 is 0 Å². The molecule has 0 aromatic heterocycles. The summed E-state index contributed by atoms with van der Waals surface area (Å²) in [5.41, 5.74) is -1.32. The van der Waals surface area contributed by atoms with Crippen LogP contribution in [0.4, 0.5) is 4.39 Å². The summed E-state index contributed by atoms with van der Waals surface area (Å²) in [7, 11) is 0. The summed E-state index contributed by atoms with van der Waals surface area (Å²) in [5.74, 6) is -0.136. The summed E-state index contributed by atoms with van der Waals surface area (Å²) >= 11 is 0. The zero-order valence-electron chi connectivity index (χ0n) is 11.2. The van der Waals surface area contributed by atoms with E-state index in [-0.39, 0.29) is 35.6 Å². The van der Waals surface area contributed by atoms with Gasteiger partial charge in [-0.3, -0.25) is 4.79 Å². The van der Waals surface area contributed by atoms with E-state index >= 15 is 0 Å². The Bertz CT molecular complexity index is 273. The minimum atomic E-state index is -1.32. The second-order valence-corrected chi connectivity index (χ2v) is 5.94. The Morgan fingerprint density at radius 2 is 1.75 bits per heavy atom. The van der Waals surface area contributed by atoms with Crippen LogP contribution in [0.15, 0.2) is 0 Å². The Morgan fingerprint density at radius 3 is 2.12 bits per heavy atom. The van der Waals surface area contributed by atoms with Gasteiger partial charge in [0.05, 0.1) is 6.04 Å². The molecule has 1 N–H and O–H groups in total. The Kier molecular flexibility index (Phi) is 3.65. The number of carbonyl (C=O) groups is 1. The molecule has 0 aromatic carbocycles. The normalized spacial score (nSPS) is 40.3. The zero-order chi connectivity index (χ0) is 12.7. The van der Waals surface area contributed by atoms with Crippen molar-refractivity contribution in [2.45, 2.75) is 53.3 Å². The maximum absolute atomic E-state index is 14.7. The molecule has 1 aliphatic heterocycles. The molecule has 1 fully saturated rings. The van der Waals surface area contributed by atoms with Crippen LogP contribution in [0.3, 0.4) is 0 Å². The Balaban J connectivity index is 3.01. The van der Waals surface area contributed by atoms with Crippen molar-refractivity contribution in [2.24, 2.45) is 23.7 Å². The minimum Gasteiger partial charge on any atom is -0.350 e. The van der Waals surface area contributed by atoms with Gasteiger partial charge in [-0.15, -0.1) is 0 Å². The highest BCUT2D eigenvalue weighted by Gasteiger charge is 2.52. The predicted octanol–water partition coefficient (Wildman–Crippen LogP) is 2.78. The molecule has 4 atom stereocenters. The summed E-state index contributed by atoms with van der Waals surface area (Å²) in [5, 5.41) is 2.85. The van der Waals surface area contributed by atoms with Gasteiger partial charge in [-0.1, -0.05) is 34.6 Å². The number of halogens is 1. The van der Waals surface area contributed by atoms with Gasteiger partial charge in [0, 0.05) is 11.8 Å². The van der Waals surface area contributed by atoms with Crippen LogP contribution in [0.25, 0.3) is 0 Å². The first-order valence-corrected chi connectivity index (χ1v) is 6.18. The fourth-order valence-corrected chi connectivity index (χ4v) is 2.95. The molecule has 1 rings (SSSR count). The predicted molar refractivity (Wildman–Crippen MR) is 63.8 cm³/mol. The van der Waals surface area contributed by atoms with Gasteiger partial charge in [-0.2, -0.15) is 0 Å².